The Morgan fingerprint density at radius 3 is 2.56 bits per heavy atom. The van der Waals surface area contributed by atoms with Crippen LogP contribution in [0.5, 0.6) is 0 Å². The lowest BCUT2D eigenvalue weighted by Crippen LogP contribution is -2.41. The highest BCUT2D eigenvalue weighted by atomic mass is 15.0. The summed E-state index contributed by atoms with van der Waals surface area (Å²) in [6.45, 7) is 5.82. The van der Waals surface area contributed by atoms with E-state index in [1.165, 1.54) is 12.8 Å². The number of hydrogen-bond acceptors (Lipinski definition) is 2. The number of nitrogens with two attached hydrogens (primary N) is 1. The van der Waals surface area contributed by atoms with E-state index in [2.05, 4.69) is 18.8 Å². The molecule has 1 aliphatic rings. The molecule has 0 radical (unpaired) electrons. The van der Waals surface area contributed by atoms with Crippen LogP contribution in [0.2, 0.25) is 0 Å². The van der Waals surface area contributed by atoms with Crippen LogP contribution in [-0.2, 0) is 0 Å². The Morgan fingerprint density at radius 1 is 1.67 bits per heavy atom. The van der Waals surface area contributed by atoms with Crippen molar-refractivity contribution in [2.75, 3.05) is 0 Å². The second-order valence-electron chi connectivity index (χ2n) is 2.94. The number of nitrogens with one attached hydrogen (secondary N) is 1. The van der Waals surface area contributed by atoms with Gasteiger partial charge in [0.15, 0.2) is 0 Å². The van der Waals surface area contributed by atoms with Crippen LogP contribution < -0.4 is 11.1 Å². The summed E-state index contributed by atoms with van der Waals surface area (Å²) in [5.41, 5.74) is 5.34. The minimum Gasteiger partial charge on any atom is -0.386 e. The maximum absolute atomic E-state index is 5.34. The predicted molar refractivity (Wildman–Crippen MR) is 38.6 cm³/mol. The van der Waals surface area contributed by atoms with Gasteiger partial charge in [0.05, 0.1) is 5.82 Å². The largest absolute Gasteiger partial charge is 0.386 e. The summed E-state index contributed by atoms with van der Waals surface area (Å²) in [4.78, 5) is 0. The van der Waals surface area contributed by atoms with Gasteiger partial charge in [-0.1, -0.05) is 13.5 Å². The summed E-state index contributed by atoms with van der Waals surface area (Å²) >= 11 is 0. The first-order valence-electron chi connectivity index (χ1n) is 3.39. The molecule has 0 unspecified atom stereocenters. The van der Waals surface area contributed by atoms with Crippen LogP contribution in [0.15, 0.2) is 12.4 Å². The SMILES string of the molecule is C=C(N)N[C@H]1C[C@@H](C)C1. The molecule has 0 aromatic rings. The molecule has 0 aliphatic heterocycles. The van der Waals surface area contributed by atoms with Crippen molar-refractivity contribution in [3.05, 3.63) is 12.4 Å². The number of hydrogen-bond donors (Lipinski definition) is 2. The van der Waals surface area contributed by atoms with E-state index in [0.717, 1.165) is 5.92 Å². The van der Waals surface area contributed by atoms with Crippen LogP contribution in [0, 0.1) is 5.92 Å². The monoisotopic (exact) mass is 126 g/mol. The lowest BCUT2D eigenvalue weighted by molar-refractivity contribution is 0.256. The average molecular weight is 126 g/mol. The summed E-state index contributed by atoms with van der Waals surface area (Å²) < 4.78 is 0. The van der Waals surface area contributed by atoms with Gasteiger partial charge in [0.25, 0.3) is 0 Å². The first kappa shape index (κ1) is 6.46. The minimum absolute atomic E-state index is 0.604. The van der Waals surface area contributed by atoms with E-state index in [4.69, 9.17) is 5.73 Å². The quantitative estimate of drug-likeness (QED) is 0.574. The van der Waals surface area contributed by atoms with Crippen LogP contribution >= 0.6 is 0 Å². The van der Waals surface area contributed by atoms with Gasteiger partial charge in [-0.05, 0) is 18.8 Å². The average Bonchev–Trinajstić information content (AvgIpc) is 1.60. The Balaban J connectivity index is 2.11. The molecule has 0 spiro atoms. The van der Waals surface area contributed by atoms with Gasteiger partial charge < -0.3 is 11.1 Å². The molecule has 3 N–H and O–H groups in total. The van der Waals surface area contributed by atoms with Crippen molar-refractivity contribution in [3.63, 3.8) is 0 Å². The fraction of sp³-hybridized carbons (Fsp3) is 0.714. The highest BCUT2D eigenvalue weighted by molar-refractivity contribution is 4.92. The zero-order valence-corrected chi connectivity index (χ0v) is 5.85. The standard InChI is InChI=1S/C7H14N2/c1-5-3-7(4-5)9-6(2)8/h5,7,9H,2-4,8H2,1H3/t5-,7+. The second kappa shape index (κ2) is 2.29. The zero-order chi connectivity index (χ0) is 6.85. The summed E-state index contributed by atoms with van der Waals surface area (Å²) in [5, 5.41) is 3.09. The molecule has 1 rings (SSSR count). The lowest BCUT2D eigenvalue weighted by atomic mass is 9.82. The van der Waals surface area contributed by atoms with Crippen LogP contribution in [0.25, 0.3) is 0 Å². The van der Waals surface area contributed by atoms with Crippen molar-refractivity contribution >= 4 is 0 Å². The van der Waals surface area contributed by atoms with Crippen molar-refractivity contribution in [1.82, 2.24) is 5.32 Å². The Bertz CT molecular complexity index is 114. The van der Waals surface area contributed by atoms with Gasteiger partial charge in [-0.15, -0.1) is 0 Å². The molecule has 0 bridgehead atoms. The Morgan fingerprint density at radius 2 is 2.22 bits per heavy atom. The molecule has 1 aliphatic carbocycles. The maximum Gasteiger partial charge on any atom is 0.0888 e. The summed E-state index contributed by atoms with van der Waals surface area (Å²) in [7, 11) is 0. The molecular weight excluding hydrogens is 112 g/mol. The normalized spacial score (nSPS) is 33.0. The summed E-state index contributed by atoms with van der Waals surface area (Å²) in [5.74, 6) is 1.48. The first-order valence-corrected chi connectivity index (χ1v) is 3.39. The fourth-order valence-corrected chi connectivity index (χ4v) is 1.28. The highest BCUT2D eigenvalue weighted by Crippen LogP contribution is 2.26. The zero-order valence-electron chi connectivity index (χ0n) is 5.85. The fourth-order valence-electron chi connectivity index (χ4n) is 1.28. The number of rotatable bonds is 2. The summed E-state index contributed by atoms with van der Waals surface area (Å²) in [6, 6.07) is 0.609. The van der Waals surface area contributed by atoms with E-state index in [9.17, 15) is 0 Å². The smallest absolute Gasteiger partial charge is 0.0888 e. The molecule has 0 amide bonds. The third kappa shape index (κ3) is 1.63. The van der Waals surface area contributed by atoms with Crippen molar-refractivity contribution in [2.45, 2.75) is 25.8 Å². The molecule has 0 aromatic heterocycles. The molecule has 0 atom stereocenters. The molecule has 9 heavy (non-hydrogen) atoms. The van der Waals surface area contributed by atoms with E-state index < -0.39 is 0 Å². The molecule has 0 aromatic carbocycles. The minimum atomic E-state index is 0.604. The molecule has 0 heterocycles. The highest BCUT2D eigenvalue weighted by Gasteiger charge is 2.24. The van der Waals surface area contributed by atoms with Gasteiger partial charge in [-0.2, -0.15) is 0 Å². The van der Waals surface area contributed by atoms with E-state index in [1.807, 2.05) is 0 Å². The van der Waals surface area contributed by atoms with Crippen molar-refractivity contribution in [2.24, 2.45) is 11.7 Å². The predicted octanol–water partition coefficient (Wildman–Crippen LogP) is 0.804. The van der Waals surface area contributed by atoms with E-state index in [1.54, 1.807) is 0 Å². The van der Waals surface area contributed by atoms with Gasteiger partial charge >= 0.3 is 0 Å². The van der Waals surface area contributed by atoms with Gasteiger partial charge in [-0.25, -0.2) is 0 Å². The molecule has 2 heteroatoms. The van der Waals surface area contributed by atoms with E-state index >= 15 is 0 Å². The van der Waals surface area contributed by atoms with Crippen molar-refractivity contribution < 1.29 is 0 Å². The Hall–Kier alpha value is -0.660. The molecule has 1 saturated carbocycles. The van der Waals surface area contributed by atoms with Crippen molar-refractivity contribution in [3.8, 4) is 0 Å². The topological polar surface area (TPSA) is 38.0 Å². The molecular formula is C7H14N2. The van der Waals surface area contributed by atoms with Crippen LogP contribution in [0.1, 0.15) is 19.8 Å². The van der Waals surface area contributed by atoms with Gasteiger partial charge in [0.1, 0.15) is 0 Å². The summed E-state index contributed by atoms with van der Waals surface area (Å²) in [6.07, 6.45) is 2.49. The van der Waals surface area contributed by atoms with Gasteiger partial charge in [0, 0.05) is 6.04 Å². The molecule has 1 fully saturated rings. The Kier molecular flexibility index (Phi) is 1.65. The first-order chi connectivity index (χ1) is 4.18. The molecule has 2 nitrogen and oxygen atoms in total. The lowest BCUT2D eigenvalue weighted by Gasteiger charge is -2.33. The molecule has 0 saturated heterocycles. The third-order valence-electron chi connectivity index (χ3n) is 1.76. The van der Waals surface area contributed by atoms with Gasteiger partial charge in [0.2, 0.25) is 0 Å². The van der Waals surface area contributed by atoms with E-state index in [-0.39, 0.29) is 0 Å². The van der Waals surface area contributed by atoms with Crippen LogP contribution in [0.4, 0.5) is 0 Å². The Labute approximate surface area is 56.1 Å². The van der Waals surface area contributed by atoms with Crippen molar-refractivity contribution in [1.29, 1.82) is 0 Å². The second-order valence-corrected chi connectivity index (χ2v) is 2.94. The molecule has 52 valence electrons. The van der Waals surface area contributed by atoms with Crippen LogP contribution in [-0.4, -0.2) is 6.04 Å². The van der Waals surface area contributed by atoms with E-state index in [0.29, 0.717) is 11.9 Å². The maximum atomic E-state index is 5.34. The van der Waals surface area contributed by atoms with Crippen LogP contribution in [0.3, 0.4) is 0 Å². The third-order valence-corrected chi connectivity index (χ3v) is 1.76. The van der Waals surface area contributed by atoms with Gasteiger partial charge in [-0.3, -0.25) is 0 Å².